The molecule has 1 fully saturated rings. The highest BCUT2D eigenvalue weighted by Gasteiger charge is 2.20. The highest BCUT2D eigenvalue weighted by atomic mass is 19.2. The normalized spacial score (nSPS) is 14.6. The zero-order valence-corrected chi connectivity index (χ0v) is 14.9. The minimum Gasteiger partial charge on any atom is -0.352 e. The third kappa shape index (κ3) is 5.12. The van der Waals surface area contributed by atoms with Crippen LogP contribution in [0.15, 0.2) is 42.5 Å². The number of rotatable bonds is 5. The monoisotopic (exact) mass is 372 g/mol. The second-order valence-electron chi connectivity index (χ2n) is 6.83. The van der Waals surface area contributed by atoms with Crippen LogP contribution in [0.5, 0.6) is 0 Å². The van der Waals surface area contributed by atoms with Crippen molar-refractivity contribution in [2.24, 2.45) is 5.92 Å². The number of hydrogen-bond acceptors (Lipinski definition) is 2. The van der Waals surface area contributed by atoms with Crippen LogP contribution in [-0.4, -0.2) is 11.8 Å². The van der Waals surface area contributed by atoms with Crippen LogP contribution in [0.3, 0.4) is 0 Å². The zero-order chi connectivity index (χ0) is 19.2. The Bertz CT molecular complexity index is 815. The molecule has 1 aliphatic rings. The molecule has 2 N–H and O–H groups in total. The van der Waals surface area contributed by atoms with Crippen LogP contribution < -0.4 is 10.6 Å². The molecule has 0 saturated heterocycles. The first-order valence-corrected chi connectivity index (χ1v) is 9.16. The Morgan fingerprint density at radius 1 is 0.926 bits per heavy atom. The van der Waals surface area contributed by atoms with Gasteiger partial charge in [0.2, 0.25) is 5.91 Å². The van der Waals surface area contributed by atoms with Crippen molar-refractivity contribution in [2.75, 3.05) is 5.32 Å². The topological polar surface area (TPSA) is 58.2 Å². The minimum atomic E-state index is -1.02. The van der Waals surface area contributed by atoms with Crippen LogP contribution in [0, 0.1) is 17.6 Å². The molecule has 0 radical (unpaired) electrons. The molecular formula is C21H22F2N2O2. The van der Waals surface area contributed by atoms with Crippen LogP contribution in [-0.2, 0) is 11.3 Å². The van der Waals surface area contributed by atoms with Gasteiger partial charge in [0, 0.05) is 29.8 Å². The SMILES string of the molecule is O=C(Nc1ccc(F)c(F)c1)c1ccc(CNC(=O)C2CCCCC2)cc1. The van der Waals surface area contributed by atoms with Crippen molar-refractivity contribution in [1.82, 2.24) is 5.32 Å². The van der Waals surface area contributed by atoms with Crippen LogP contribution >= 0.6 is 0 Å². The Kier molecular flexibility index (Phi) is 6.16. The number of hydrogen-bond donors (Lipinski definition) is 2. The standard InChI is InChI=1S/C21H22F2N2O2/c22-18-11-10-17(12-19(18)23)25-21(27)16-8-6-14(7-9-16)13-24-20(26)15-4-2-1-3-5-15/h6-12,15H,1-5,13H2,(H,24,26)(H,25,27). The summed E-state index contributed by atoms with van der Waals surface area (Å²) in [6.45, 7) is 0.417. The zero-order valence-electron chi connectivity index (χ0n) is 14.9. The van der Waals surface area contributed by atoms with Gasteiger partial charge in [0.05, 0.1) is 0 Å². The number of carbonyl (C=O) groups is 2. The molecule has 27 heavy (non-hydrogen) atoms. The van der Waals surface area contributed by atoms with Crippen molar-refractivity contribution in [3.05, 3.63) is 65.2 Å². The molecule has 4 nitrogen and oxygen atoms in total. The second kappa shape index (κ2) is 8.75. The van der Waals surface area contributed by atoms with Crippen molar-refractivity contribution in [1.29, 1.82) is 0 Å². The summed E-state index contributed by atoms with van der Waals surface area (Å²) in [5.74, 6) is -2.20. The maximum absolute atomic E-state index is 13.2. The van der Waals surface area contributed by atoms with Crippen LogP contribution in [0.1, 0.15) is 48.0 Å². The van der Waals surface area contributed by atoms with E-state index >= 15 is 0 Å². The molecule has 0 aromatic heterocycles. The third-order valence-electron chi connectivity index (χ3n) is 4.84. The Labute approximate surface area is 157 Å². The molecule has 2 aromatic carbocycles. The first-order valence-electron chi connectivity index (χ1n) is 9.16. The van der Waals surface area contributed by atoms with E-state index in [0.29, 0.717) is 12.1 Å². The lowest BCUT2D eigenvalue weighted by Crippen LogP contribution is -2.31. The minimum absolute atomic E-state index is 0.0925. The quantitative estimate of drug-likeness (QED) is 0.817. The molecule has 1 aliphatic carbocycles. The molecule has 2 amide bonds. The molecule has 142 valence electrons. The lowest BCUT2D eigenvalue weighted by Gasteiger charge is -2.20. The van der Waals surface area contributed by atoms with Crippen molar-refractivity contribution in [2.45, 2.75) is 38.6 Å². The lowest BCUT2D eigenvalue weighted by atomic mass is 9.88. The Morgan fingerprint density at radius 3 is 2.30 bits per heavy atom. The molecule has 0 unspecified atom stereocenters. The van der Waals surface area contributed by atoms with Gasteiger partial charge >= 0.3 is 0 Å². The fourth-order valence-electron chi connectivity index (χ4n) is 3.25. The van der Waals surface area contributed by atoms with E-state index in [1.165, 1.54) is 12.5 Å². The van der Waals surface area contributed by atoms with Crippen molar-refractivity contribution >= 4 is 17.5 Å². The molecule has 0 heterocycles. The predicted octanol–water partition coefficient (Wildman–Crippen LogP) is 4.41. The molecule has 0 atom stereocenters. The molecular weight excluding hydrogens is 350 g/mol. The lowest BCUT2D eigenvalue weighted by molar-refractivity contribution is -0.126. The average molecular weight is 372 g/mol. The van der Waals surface area contributed by atoms with Gasteiger partial charge < -0.3 is 10.6 Å². The van der Waals surface area contributed by atoms with E-state index in [9.17, 15) is 18.4 Å². The van der Waals surface area contributed by atoms with Crippen molar-refractivity contribution in [3.8, 4) is 0 Å². The van der Waals surface area contributed by atoms with Crippen LogP contribution in [0.2, 0.25) is 0 Å². The molecule has 3 rings (SSSR count). The fourth-order valence-corrected chi connectivity index (χ4v) is 3.25. The summed E-state index contributed by atoms with van der Waals surface area (Å²) in [7, 11) is 0. The molecule has 0 spiro atoms. The summed E-state index contributed by atoms with van der Waals surface area (Å²) in [5.41, 5.74) is 1.47. The average Bonchev–Trinajstić information content (AvgIpc) is 2.70. The van der Waals surface area contributed by atoms with Crippen LogP contribution in [0.4, 0.5) is 14.5 Å². The fraction of sp³-hybridized carbons (Fsp3) is 0.333. The summed E-state index contributed by atoms with van der Waals surface area (Å²) in [5, 5.41) is 5.48. The molecule has 2 aromatic rings. The highest BCUT2D eigenvalue weighted by molar-refractivity contribution is 6.04. The van der Waals surface area contributed by atoms with Gasteiger partial charge in [-0.15, -0.1) is 0 Å². The largest absolute Gasteiger partial charge is 0.352 e. The van der Waals surface area contributed by atoms with E-state index in [4.69, 9.17) is 0 Å². The number of halogens is 2. The first-order chi connectivity index (χ1) is 13.0. The predicted molar refractivity (Wildman–Crippen MR) is 99.2 cm³/mol. The second-order valence-corrected chi connectivity index (χ2v) is 6.83. The molecule has 0 aliphatic heterocycles. The highest BCUT2D eigenvalue weighted by Crippen LogP contribution is 2.23. The summed E-state index contributed by atoms with van der Waals surface area (Å²) in [6, 6.07) is 9.99. The van der Waals surface area contributed by atoms with Gasteiger partial charge in [-0.2, -0.15) is 0 Å². The van der Waals surface area contributed by atoms with E-state index in [-0.39, 0.29) is 17.5 Å². The van der Waals surface area contributed by atoms with Crippen molar-refractivity contribution in [3.63, 3.8) is 0 Å². The van der Waals surface area contributed by atoms with E-state index in [0.717, 1.165) is 43.4 Å². The Hall–Kier alpha value is -2.76. The van der Waals surface area contributed by atoms with Gasteiger partial charge in [0.25, 0.3) is 5.91 Å². The number of benzene rings is 2. The van der Waals surface area contributed by atoms with E-state index in [2.05, 4.69) is 10.6 Å². The molecule has 1 saturated carbocycles. The van der Waals surface area contributed by atoms with Gasteiger partial charge in [0.1, 0.15) is 0 Å². The van der Waals surface area contributed by atoms with Gasteiger partial charge in [-0.05, 0) is 42.7 Å². The van der Waals surface area contributed by atoms with Gasteiger partial charge in [-0.25, -0.2) is 8.78 Å². The number of nitrogens with one attached hydrogen (secondary N) is 2. The van der Waals surface area contributed by atoms with Gasteiger partial charge in [-0.1, -0.05) is 31.4 Å². The summed E-state index contributed by atoms with van der Waals surface area (Å²) in [4.78, 5) is 24.4. The molecule has 0 bridgehead atoms. The molecule has 6 heteroatoms. The van der Waals surface area contributed by atoms with Gasteiger partial charge in [-0.3, -0.25) is 9.59 Å². The summed E-state index contributed by atoms with van der Waals surface area (Å²) < 4.78 is 26.1. The summed E-state index contributed by atoms with van der Waals surface area (Å²) >= 11 is 0. The Balaban J connectivity index is 1.53. The number of amides is 2. The third-order valence-corrected chi connectivity index (χ3v) is 4.84. The van der Waals surface area contributed by atoms with E-state index in [1.807, 2.05) is 0 Å². The van der Waals surface area contributed by atoms with Crippen molar-refractivity contribution < 1.29 is 18.4 Å². The van der Waals surface area contributed by atoms with E-state index in [1.54, 1.807) is 24.3 Å². The maximum atomic E-state index is 13.2. The van der Waals surface area contributed by atoms with Gasteiger partial charge in [0.15, 0.2) is 11.6 Å². The van der Waals surface area contributed by atoms with E-state index < -0.39 is 17.5 Å². The number of carbonyl (C=O) groups excluding carboxylic acids is 2. The first kappa shape index (κ1) is 19.0. The smallest absolute Gasteiger partial charge is 0.255 e. The Morgan fingerprint density at radius 2 is 1.63 bits per heavy atom. The van der Waals surface area contributed by atoms with Crippen LogP contribution in [0.25, 0.3) is 0 Å². The summed E-state index contributed by atoms with van der Waals surface area (Å²) in [6.07, 6.45) is 5.33. The maximum Gasteiger partial charge on any atom is 0.255 e. The number of anilines is 1.